The summed E-state index contributed by atoms with van der Waals surface area (Å²) < 4.78 is 25.1. The molecule has 0 saturated carbocycles. The highest BCUT2D eigenvalue weighted by molar-refractivity contribution is 9.10. The highest BCUT2D eigenvalue weighted by atomic mass is 79.9. The maximum Gasteiger partial charge on any atom is 0.282 e. The number of rotatable bonds is 9. The minimum absolute atomic E-state index is 0.184. The molecule has 6 rings (SSSR count). The summed E-state index contributed by atoms with van der Waals surface area (Å²) in [6.07, 6.45) is 1.57. The van der Waals surface area contributed by atoms with Crippen LogP contribution in [0.4, 0.5) is 0 Å². The van der Waals surface area contributed by atoms with E-state index < -0.39 is 0 Å². The first-order valence-corrected chi connectivity index (χ1v) is 15.7. The van der Waals surface area contributed by atoms with Crippen molar-refractivity contribution in [2.24, 2.45) is 5.10 Å². The normalized spacial score (nSPS) is 12.4. The summed E-state index contributed by atoms with van der Waals surface area (Å²) >= 11 is 10.0. The monoisotopic (exact) mass is 687 g/mol. The molecule has 1 aliphatic rings. The van der Waals surface area contributed by atoms with Crippen LogP contribution in [0.3, 0.4) is 0 Å². The lowest BCUT2D eigenvalue weighted by Crippen LogP contribution is -2.21. The summed E-state index contributed by atoms with van der Waals surface area (Å²) in [4.78, 5) is 18.9. The molecule has 4 aromatic carbocycles. The SMILES string of the molecule is CCOc1cc(C)c(-c2nc3ccccc3c(=O)n2N=Cc2cc(Cl)cc(Br)c2OCc2ccc3c(c2)OCO3)cc1C(C)C. The van der Waals surface area contributed by atoms with Gasteiger partial charge in [-0.15, -0.1) is 0 Å². The second kappa shape index (κ2) is 12.9. The zero-order valence-electron chi connectivity index (χ0n) is 25.3. The lowest BCUT2D eigenvalue weighted by atomic mass is 9.96. The lowest BCUT2D eigenvalue weighted by molar-refractivity contribution is 0.174. The van der Waals surface area contributed by atoms with Crippen molar-refractivity contribution >= 4 is 44.6 Å². The Labute approximate surface area is 274 Å². The van der Waals surface area contributed by atoms with E-state index in [4.69, 9.17) is 40.6 Å². The van der Waals surface area contributed by atoms with E-state index in [1.54, 1.807) is 24.4 Å². The van der Waals surface area contributed by atoms with E-state index in [1.807, 2.05) is 62.4 Å². The molecule has 1 aromatic heterocycles. The second-order valence-corrected chi connectivity index (χ2v) is 12.2. The van der Waals surface area contributed by atoms with Gasteiger partial charge in [0.2, 0.25) is 6.79 Å². The van der Waals surface area contributed by atoms with Gasteiger partial charge in [0.05, 0.1) is 28.2 Å². The van der Waals surface area contributed by atoms with E-state index in [0.29, 0.717) is 55.6 Å². The van der Waals surface area contributed by atoms with Crippen LogP contribution < -0.4 is 24.5 Å². The molecule has 1 aliphatic heterocycles. The number of aryl methyl sites for hydroxylation is 1. The van der Waals surface area contributed by atoms with Crippen LogP contribution >= 0.6 is 27.5 Å². The Morgan fingerprint density at radius 2 is 1.87 bits per heavy atom. The van der Waals surface area contributed by atoms with Crippen molar-refractivity contribution < 1.29 is 18.9 Å². The van der Waals surface area contributed by atoms with Gasteiger partial charge in [-0.05, 0) is 101 Å². The third-order valence-corrected chi connectivity index (χ3v) is 8.25. The van der Waals surface area contributed by atoms with Gasteiger partial charge in [0.1, 0.15) is 18.1 Å². The zero-order chi connectivity index (χ0) is 31.7. The van der Waals surface area contributed by atoms with Gasteiger partial charge in [0.15, 0.2) is 17.3 Å². The maximum atomic E-state index is 14.0. The van der Waals surface area contributed by atoms with Crippen molar-refractivity contribution in [1.82, 2.24) is 9.66 Å². The summed E-state index contributed by atoms with van der Waals surface area (Å²) in [5.74, 6) is 3.31. The molecular weight excluding hydrogens is 658 g/mol. The van der Waals surface area contributed by atoms with Gasteiger partial charge in [0.25, 0.3) is 5.56 Å². The summed E-state index contributed by atoms with van der Waals surface area (Å²) in [6, 6.07) is 20.5. The van der Waals surface area contributed by atoms with Crippen LogP contribution in [0.5, 0.6) is 23.0 Å². The number of hydrogen-bond acceptors (Lipinski definition) is 7. The van der Waals surface area contributed by atoms with Crippen LogP contribution in [-0.4, -0.2) is 29.3 Å². The maximum absolute atomic E-state index is 14.0. The predicted molar refractivity (Wildman–Crippen MR) is 180 cm³/mol. The second-order valence-electron chi connectivity index (χ2n) is 10.9. The van der Waals surface area contributed by atoms with Crippen LogP contribution in [0.25, 0.3) is 22.3 Å². The van der Waals surface area contributed by atoms with Crippen LogP contribution in [-0.2, 0) is 6.61 Å². The first kappa shape index (κ1) is 30.7. The third-order valence-electron chi connectivity index (χ3n) is 7.44. The summed E-state index contributed by atoms with van der Waals surface area (Å²) in [5.41, 5.74) is 4.48. The fourth-order valence-corrected chi connectivity index (χ4v) is 6.16. The molecule has 10 heteroatoms. The van der Waals surface area contributed by atoms with Gasteiger partial charge >= 0.3 is 0 Å². The third kappa shape index (κ3) is 6.28. The van der Waals surface area contributed by atoms with Crippen LogP contribution in [0.2, 0.25) is 5.02 Å². The first-order valence-electron chi connectivity index (χ1n) is 14.6. The van der Waals surface area contributed by atoms with Gasteiger partial charge in [-0.25, -0.2) is 4.98 Å². The standard InChI is InChI=1S/C35H31BrClN3O5/c1-5-42-31-12-21(4)27(16-26(31)20(2)3)34-39-29-9-7-6-8-25(29)35(41)40(34)38-17-23-14-24(37)15-28(36)33(23)43-18-22-10-11-30-32(13-22)45-19-44-30/h6-17,20H,5,18-19H2,1-4H3. The first-order chi connectivity index (χ1) is 21.7. The van der Waals surface area contributed by atoms with E-state index in [9.17, 15) is 4.79 Å². The molecule has 0 unspecified atom stereocenters. The summed E-state index contributed by atoms with van der Waals surface area (Å²) in [5, 5.41) is 5.65. The molecule has 5 aromatic rings. The number of ether oxygens (including phenoxy) is 4. The lowest BCUT2D eigenvalue weighted by Gasteiger charge is -2.18. The Balaban J connectivity index is 1.45. The summed E-state index contributed by atoms with van der Waals surface area (Å²) in [6.45, 7) is 9.17. The molecule has 0 amide bonds. The van der Waals surface area contributed by atoms with Crippen LogP contribution in [0.1, 0.15) is 48.9 Å². The predicted octanol–water partition coefficient (Wildman–Crippen LogP) is 8.50. The molecule has 45 heavy (non-hydrogen) atoms. The quantitative estimate of drug-likeness (QED) is 0.145. The van der Waals surface area contributed by atoms with Gasteiger partial charge in [-0.3, -0.25) is 4.79 Å². The molecular formula is C35H31BrClN3O5. The number of para-hydroxylation sites is 1. The Morgan fingerprint density at radius 3 is 2.67 bits per heavy atom. The molecule has 2 heterocycles. The minimum Gasteiger partial charge on any atom is -0.494 e. The Kier molecular flexibility index (Phi) is 8.83. The van der Waals surface area contributed by atoms with Crippen molar-refractivity contribution in [2.45, 2.75) is 40.2 Å². The number of halogens is 2. The van der Waals surface area contributed by atoms with Crippen molar-refractivity contribution in [3.63, 3.8) is 0 Å². The van der Waals surface area contributed by atoms with E-state index in [2.05, 4.69) is 29.8 Å². The molecule has 0 bridgehead atoms. The number of fused-ring (bicyclic) bond motifs is 2. The molecule has 0 radical (unpaired) electrons. The topological polar surface area (TPSA) is 84.2 Å². The molecule has 0 saturated heterocycles. The number of nitrogens with zero attached hydrogens (tertiary/aromatic N) is 3. The minimum atomic E-state index is -0.296. The van der Waals surface area contributed by atoms with E-state index in [1.165, 1.54) is 4.68 Å². The van der Waals surface area contributed by atoms with Gasteiger partial charge in [-0.1, -0.05) is 43.6 Å². The largest absolute Gasteiger partial charge is 0.494 e. The van der Waals surface area contributed by atoms with Gasteiger partial charge in [0, 0.05) is 16.1 Å². The van der Waals surface area contributed by atoms with E-state index >= 15 is 0 Å². The number of aromatic nitrogens is 2. The number of benzene rings is 4. The van der Waals surface area contributed by atoms with Crippen molar-refractivity contribution in [1.29, 1.82) is 0 Å². The van der Waals surface area contributed by atoms with Crippen molar-refractivity contribution in [3.05, 3.63) is 109 Å². The zero-order valence-corrected chi connectivity index (χ0v) is 27.6. The Hall–Kier alpha value is -4.34. The smallest absolute Gasteiger partial charge is 0.282 e. The number of hydrogen-bond donors (Lipinski definition) is 0. The fraction of sp³-hybridized carbons (Fsp3) is 0.229. The highest BCUT2D eigenvalue weighted by Crippen LogP contribution is 2.36. The average molecular weight is 689 g/mol. The van der Waals surface area contributed by atoms with Crippen LogP contribution in [0, 0.1) is 6.92 Å². The summed E-state index contributed by atoms with van der Waals surface area (Å²) in [7, 11) is 0. The highest BCUT2D eigenvalue weighted by Gasteiger charge is 2.19. The van der Waals surface area contributed by atoms with Crippen molar-refractivity contribution in [3.8, 4) is 34.4 Å². The molecule has 0 fully saturated rings. The molecule has 0 aliphatic carbocycles. The van der Waals surface area contributed by atoms with Crippen molar-refractivity contribution in [2.75, 3.05) is 13.4 Å². The van der Waals surface area contributed by atoms with Gasteiger partial charge in [-0.2, -0.15) is 9.78 Å². The van der Waals surface area contributed by atoms with Crippen LogP contribution in [0.15, 0.2) is 81.1 Å². The molecule has 0 spiro atoms. The molecule has 230 valence electrons. The molecule has 0 atom stereocenters. The average Bonchev–Trinajstić information content (AvgIpc) is 3.48. The van der Waals surface area contributed by atoms with Gasteiger partial charge < -0.3 is 18.9 Å². The Bertz CT molecular complexity index is 2010. The molecule has 8 nitrogen and oxygen atoms in total. The Morgan fingerprint density at radius 1 is 1.07 bits per heavy atom. The fourth-order valence-electron chi connectivity index (χ4n) is 5.21. The van der Waals surface area contributed by atoms with E-state index in [0.717, 1.165) is 28.0 Å². The van der Waals surface area contributed by atoms with E-state index in [-0.39, 0.29) is 24.9 Å². The molecule has 0 N–H and O–H groups in total.